The molecule has 1 aromatic carbocycles. The monoisotopic (exact) mass is 427 g/mol. The molecule has 6 nitrogen and oxygen atoms in total. The van der Waals surface area contributed by atoms with Crippen molar-refractivity contribution in [2.45, 2.75) is 44.2 Å². The minimum Gasteiger partial charge on any atom is -0.444 e. The first kappa shape index (κ1) is 21.2. The summed E-state index contributed by atoms with van der Waals surface area (Å²) in [4.78, 5) is 11.8. The summed E-state index contributed by atoms with van der Waals surface area (Å²) in [6.07, 6.45) is 8.32. The second-order valence-electron chi connectivity index (χ2n) is 8.17. The minimum absolute atomic E-state index is 0.269. The van der Waals surface area contributed by atoms with E-state index in [1.807, 2.05) is 37.4 Å². The van der Waals surface area contributed by atoms with Crippen LogP contribution in [0, 0.1) is 0 Å². The van der Waals surface area contributed by atoms with Gasteiger partial charge in [-0.2, -0.15) is 11.8 Å². The van der Waals surface area contributed by atoms with E-state index in [0.717, 1.165) is 23.8 Å². The zero-order valence-electron chi connectivity index (χ0n) is 17.9. The topological polar surface area (TPSA) is 65.7 Å². The van der Waals surface area contributed by atoms with Gasteiger partial charge in [0.15, 0.2) is 5.96 Å². The summed E-state index contributed by atoms with van der Waals surface area (Å²) >= 11 is 2.08. The van der Waals surface area contributed by atoms with Gasteiger partial charge >= 0.3 is 0 Å². The van der Waals surface area contributed by atoms with Crippen LogP contribution in [0.4, 0.5) is 0 Å². The summed E-state index contributed by atoms with van der Waals surface area (Å²) < 4.78 is 5.65. The van der Waals surface area contributed by atoms with Crippen LogP contribution in [-0.4, -0.2) is 59.6 Å². The van der Waals surface area contributed by atoms with Crippen LogP contribution < -0.4 is 10.6 Å². The van der Waals surface area contributed by atoms with Gasteiger partial charge in [0.25, 0.3) is 0 Å². The highest BCUT2D eigenvalue weighted by Gasteiger charge is 2.38. The molecule has 0 unspecified atom stereocenters. The predicted octanol–water partition coefficient (Wildman–Crippen LogP) is 3.76. The van der Waals surface area contributed by atoms with Crippen LogP contribution in [0.15, 0.2) is 46.0 Å². The molecule has 2 N–H and O–H groups in total. The molecule has 1 aromatic heterocycles. The van der Waals surface area contributed by atoms with Crippen LogP contribution in [0.2, 0.25) is 0 Å². The highest BCUT2D eigenvalue weighted by Crippen LogP contribution is 2.34. The number of rotatable bonds is 6. The number of oxazole rings is 1. The third-order valence-corrected chi connectivity index (χ3v) is 7.23. The van der Waals surface area contributed by atoms with Crippen molar-refractivity contribution >= 4 is 17.7 Å². The van der Waals surface area contributed by atoms with E-state index >= 15 is 0 Å². The zero-order chi connectivity index (χ0) is 20.7. The van der Waals surface area contributed by atoms with Crippen LogP contribution >= 0.6 is 11.8 Å². The zero-order valence-corrected chi connectivity index (χ0v) is 18.7. The number of nitrogens with zero attached hydrogens (tertiary/aromatic N) is 3. The first-order valence-electron chi connectivity index (χ1n) is 11.1. The average Bonchev–Trinajstić information content (AvgIpc) is 3.30. The maximum Gasteiger partial charge on any atom is 0.226 e. The van der Waals surface area contributed by atoms with Crippen molar-refractivity contribution < 1.29 is 4.42 Å². The molecule has 0 amide bonds. The van der Waals surface area contributed by atoms with Crippen molar-refractivity contribution in [3.63, 3.8) is 0 Å². The second-order valence-corrected chi connectivity index (χ2v) is 9.40. The summed E-state index contributed by atoms with van der Waals surface area (Å²) in [5, 5.41) is 7.02. The standard InChI is InChI=1S/C23H33N5OS/c1-24-22(25-16-20-17-29-21(27-20)19-8-4-2-5-9-19)26-18-23(10-6-3-7-11-23)28-12-14-30-15-13-28/h2,4-5,8-9,17H,3,6-7,10-16,18H2,1H3,(H2,24,25,26). The maximum atomic E-state index is 5.65. The van der Waals surface area contributed by atoms with Gasteiger partial charge < -0.3 is 15.1 Å². The first-order valence-corrected chi connectivity index (χ1v) is 12.2. The minimum atomic E-state index is 0.269. The van der Waals surface area contributed by atoms with Crippen LogP contribution in [0.1, 0.15) is 37.8 Å². The Balaban J connectivity index is 1.33. The molecule has 0 bridgehead atoms. The molecule has 0 radical (unpaired) electrons. The number of aromatic nitrogens is 1. The Morgan fingerprint density at radius 2 is 1.90 bits per heavy atom. The maximum absolute atomic E-state index is 5.65. The van der Waals surface area contributed by atoms with E-state index in [1.54, 1.807) is 6.26 Å². The van der Waals surface area contributed by atoms with Crippen molar-refractivity contribution in [3.05, 3.63) is 42.3 Å². The largest absolute Gasteiger partial charge is 0.444 e. The van der Waals surface area contributed by atoms with Crippen LogP contribution in [-0.2, 0) is 6.54 Å². The summed E-state index contributed by atoms with van der Waals surface area (Å²) in [6.45, 7) is 3.95. The van der Waals surface area contributed by atoms with Crippen LogP contribution in [0.5, 0.6) is 0 Å². The Labute approximate surface area is 183 Å². The molecule has 7 heteroatoms. The Morgan fingerprint density at radius 1 is 1.13 bits per heavy atom. The lowest BCUT2D eigenvalue weighted by Gasteiger charge is -2.48. The van der Waals surface area contributed by atoms with Gasteiger partial charge in [-0.25, -0.2) is 4.98 Å². The van der Waals surface area contributed by atoms with Gasteiger partial charge in [0.2, 0.25) is 5.89 Å². The van der Waals surface area contributed by atoms with E-state index in [2.05, 4.69) is 37.3 Å². The molecule has 1 aliphatic heterocycles. The van der Waals surface area contributed by atoms with Gasteiger partial charge in [0, 0.05) is 49.3 Å². The molecule has 30 heavy (non-hydrogen) atoms. The Bertz CT molecular complexity index is 810. The molecule has 2 heterocycles. The highest BCUT2D eigenvalue weighted by molar-refractivity contribution is 7.99. The van der Waals surface area contributed by atoms with Crippen LogP contribution in [0.25, 0.3) is 11.5 Å². The molecule has 1 aliphatic carbocycles. The fourth-order valence-corrected chi connectivity index (χ4v) is 5.50. The summed E-state index contributed by atoms with van der Waals surface area (Å²) in [5.41, 5.74) is 2.13. The van der Waals surface area contributed by atoms with E-state index in [0.29, 0.717) is 12.4 Å². The van der Waals surface area contributed by atoms with E-state index in [4.69, 9.17) is 4.42 Å². The number of thioether (sulfide) groups is 1. The van der Waals surface area contributed by atoms with Gasteiger partial charge in [-0.05, 0) is 25.0 Å². The molecule has 162 valence electrons. The Kier molecular flexibility index (Phi) is 7.33. The van der Waals surface area contributed by atoms with Gasteiger partial charge in [0.1, 0.15) is 6.26 Å². The molecule has 4 rings (SSSR count). The number of hydrogen-bond donors (Lipinski definition) is 2. The van der Waals surface area contributed by atoms with E-state index in [9.17, 15) is 0 Å². The second kappa shape index (κ2) is 10.4. The first-order chi connectivity index (χ1) is 14.8. The smallest absolute Gasteiger partial charge is 0.226 e. The van der Waals surface area contributed by atoms with Crippen molar-refractivity contribution in [1.29, 1.82) is 0 Å². The molecule has 1 saturated heterocycles. The van der Waals surface area contributed by atoms with Crippen molar-refractivity contribution in [2.24, 2.45) is 4.99 Å². The lowest BCUT2D eigenvalue weighted by atomic mass is 9.80. The SMILES string of the molecule is CN=C(NCc1coc(-c2ccccc2)n1)NCC1(N2CCSCC2)CCCCC1. The molecule has 1 saturated carbocycles. The van der Waals surface area contributed by atoms with Crippen molar-refractivity contribution in [3.8, 4) is 11.5 Å². The van der Waals surface area contributed by atoms with Gasteiger partial charge in [-0.15, -0.1) is 0 Å². The molecule has 2 aliphatic rings. The summed E-state index contributed by atoms with van der Waals surface area (Å²) in [6, 6.07) is 9.99. The number of hydrogen-bond acceptors (Lipinski definition) is 5. The van der Waals surface area contributed by atoms with Gasteiger partial charge in [-0.1, -0.05) is 37.5 Å². The van der Waals surface area contributed by atoms with Gasteiger partial charge in [0.05, 0.1) is 12.2 Å². The summed E-state index contributed by atoms with van der Waals surface area (Å²) in [7, 11) is 1.83. The molecule has 0 spiro atoms. The molecular formula is C23H33N5OS. The average molecular weight is 428 g/mol. The third kappa shape index (κ3) is 5.19. The van der Waals surface area contributed by atoms with E-state index in [-0.39, 0.29) is 5.54 Å². The lowest BCUT2D eigenvalue weighted by molar-refractivity contribution is 0.0626. The van der Waals surface area contributed by atoms with E-state index < -0.39 is 0 Å². The molecule has 2 aromatic rings. The molecule has 0 atom stereocenters. The summed E-state index contributed by atoms with van der Waals surface area (Å²) in [5.74, 6) is 3.99. The number of aliphatic imine (C=N–C) groups is 1. The van der Waals surface area contributed by atoms with Crippen molar-refractivity contribution in [1.82, 2.24) is 20.5 Å². The third-order valence-electron chi connectivity index (χ3n) is 6.28. The van der Waals surface area contributed by atoms with Crippen molar-refractivity contribution in [2.75, 3.05) is 38.2 Å². The molecule has 2 fully saturated rings. The molecular weight excluding hydrogens is 394 g/mol. The highest BCUT2D eigenvalue weighted by atomic mass is 32.2. The Morgan fingerprint density at radius 3 is 2.63 bits per heavy atom. The van der Waals surface area contributed by atoms with Gasteiger partial charge in [-0.3, -0.25) is 9.89 Å². The number of benzene rings is 1. The quantitative estimate of drug-likeness (QED) is 0.541. The fourth-order valence-electron chi connectivity index (χ4n) is 4.60. The predicted molar refractivity (Wildman–Crippen MR) is 125 cm³/mol. The Hall–Kier alpha value is -1.99. The normalized spacial score (nSPS) is 20.1. The van der Waals surface area contributed by atoms with E-state index in [1.165, 1.54) is 56.7 Å². The van der Waals surface area contributed by atoms with Crippen LogP contribution in [0.3, 0.4) is 0 Å². The number of nitrogens with one attached hydrogen (secondary N) is 2. The lowest BCUT2D eigenvalue weighted by Crippen LogP contribution is -2.59. The number of guanidine groups is 1. The fraction of sp³-hybridized carbons (Fsp3) is 0.565.